The molecule has 0 aromatic heterocycles. The first-order valence-corrected chi connectivity index (χ1v) is 4.71. The number of benzene rings is 1. The van der Waals surface area contributed by atoms with Crippen molar-refractivity contribution in [3.05, 3.63) is 28.8 Å². The number of hydrogen-bond donors (Lipinski definition) is 3. The van der Waals surface area contributed by atoms with Crippen LogP contribution in [0.15, 0.2) is 12.1 Å². The van der Waals surface area contributed by atoms with Gasteiger partial charge >= 0.3 is 5.97 Å². The molecule has 0 spiro atoms. The van der Waals surface area contributed by atoms with Crippen molar-refractivity contribution in [1.82, 2.24) is 0 Å². The second kappa shape index (κ2) is 4.31. The van der Waals surface area contributed by atoms with Gasteiger partial charge in [-0.3, -0.25) is 4.79 Å². The summed E-state index contributed by atoms with van der Waals surface area (Å²) < 4.78 is 0. The molecule has 0 aliphatic carbocycles. The number of carboxylic acids is 1. The van der Waals surface area contributed by atoms with E-state index in [0.717, 1.165) is 5.56 Å². The van der Waals surface area contributed by atoms with Gasteiger partial charge in [-0.2, -0.15) is 0 Å². The van der Waals surface area contributed by atoms with E-state index in [1.54, 1.807) is 26.0 Å². The molecule has 0 saturated carbocycles. The third-order valence-electron chi connectivity index (χ3n) is 2.58. The van der Waals surface area contributed by atoms with Gasteiger partial charge in [-0.1, -0.05) is 12.1 Å². The molecule has 82 valence electrons. The lowest BCUT2D eigenvalue weighted by atomic mass is 9.93. The fourth-order valence-corrected chi connectivity index (χ4v) is 1.59. The zero-order valence-electron chi connectivity index (χ0n) is 8.82. The Labute approximate surface area is 88.3 Å². The monoisotopic (exact) mass is 209 g/mol. The van der Waals surface area contributed by atoms with Crippen LogP contribution in [0.2, 0.25) is 0 Å². The zero-order chi connectivity index (χ0) is 11.6. The third kappa shape index (κ3) is 2.10. The van der Waals surface area contributed by atoms with Crippen molar-refractivity contribution in [2.75, 3.05) is 6.54 Å². The van der Waals surface area contributed by atoms with Crippen molar-refractivity contribution in [3.8, 4) is 5.75 Å². The highest BCUT2D eigenvalue weighted by Crippen LogP contribution is 2.29. The average Bonchev–Trinajstić information content (AvgIpc) is 2.18. The molecule has 15 heavy (non-hydrogen) atoms. The van der Waals surface area contributed by atoms with Gasteiger partial charge in [0.15, 0.2) is 0 Å². The highest BCUT2D eigenvalue weighted by molar-refractivity contribution is 5.77. The molecule has 4 heteroatoms. The van der Waals surface area contributed by atoms with E-state index in [1.807, 2.05) is 0 Å². The number of phenols is 1. The minimum Gasteiger partial charge on any atom is -0.507 e. The molecule has 0 heterocycles. The summed E-state index contributed by atoms with van der Waals surface area (Å²) in [5.74, 6) is -1.58. The standard InChI is InChI=1S/C11H15NO3/c1-6-3-4-8(7(2)10(6)13)9(5-12)11(14)15/h3-4,9,13H,5,12H2,1-2H3,(H,14,15). The molecule has 1 aromatic rings. The van der Waals surface area contributed by atoms with Crippen LogP contribution in [0.4, 0.5) is 0 Å². The predicted molar refractivity (Wildman–Crippen MR) is 57.0 cm³/mol. The van der Waals surface area contributed by atoms with Crippen LogP contribution in [0.25, 0.3) is 0 Å². The number of aryl methyl sites for hydroxylation is 1. The van der Waals surface area contributed by atoms with Crippen molar-refractivity contribution in [2.24, 2.45) is 5.73 Å². The summed E-state index contributed by atoms with van der Waals surface area (Å²) in [7, 11) is 0. The molecule has 0 aliphatic rings. The average molecular weight is 209 g/mol. The van der Waals surface area contributed by atoms with Crippen molar-refractivity contribution in [2.45, 2.75) is 19.8 Å². The molecule has 0 saturated heterocycles. The van der Waals surface area contributed by atoms with E-state index in [4.69, 9.17) is 10.8 Å². The molecule has 0 amide bonds. The number of phenolic OH excluding ortho intramolecular Hbond substituents is 1. The Bertz CT molecular complexity index is 388. The minimum absolute atomic E-state index is 0.0265. The molecule has 1 aromatic carbocycles. The van der Waals surface area contributed by atoms with Gasteiger partial charge < -0.3 is 15.9 Å². The van der Waals surface area contributed by atoms with E-state index in [0.29, 0.717) is 11.1 Å². The molecular formula is C11H15NO3. The first-order chi connectivity index (χ1) is 6.99. The Morgan fingerprint density at radius 2 is 2.07 bits per heavy atom. The molecule has 1 atom stereocenters. The smallest absolute Gasteiger partial charge is 0.312 e. The minimum atomic E-state index is -0.969. The molecular weight excluding hydrogens is 194 g/mol. The molecule has 1 rings (SSSR count). The summed E-state index contributed by atoms with van der Waals surface area (Å²) in [4.78, 5) is 10.9. The van der Waals surface area contributed by atoms with Crippen LogP contribution >= 0.6 is 0 Å². The second-order valence-electron chi connectivity index (χ2n) is 3.57. The number of nitrogens with two attached hydrogens (primary N) is 1. The molecule has 0 fully saturated rings. The van der Waals surface area contributed by atoms with E-state index in [-0.39, 0.29) is 12.3 Å². The van der Waals surface area contributed by atoms with Gasteiger partial charge in [-0.25, -0.2) is 0 Å². The summed E-state index contributed by atoms with van der Waals surface area (Å²) >= 11 is 0. The Kier molecular flexibility index (Phi) is 3.31. The highest BCUT2D eigenvalue weighted by Gasteiger charge is 2.21. The predicted octanol–water partition coefficient (Wildman–Crippen LogP) is 1.14. The SMILES string of the molecule is Cc1ccc(C(CN)C(=O)O)c(C)c1O. The van der Waals surface area contributed by atoms with E-state index in [9.17, 15) is 9.90 Å². The Hall–Kier alpha value is -1.55. The Morgan fingerprint density at radius 3 is 2.53 bits per heavy atom. The summed E-state index contributed by atoms with van der Waals surface area (Å²) in [5, 5.41) is 18.6. The first kappa shape index (κ1) is 11.5. The summed E-state index contributed by atoms with van der Waals surface area (Å²) in [6, 6.07) is 3.40. The van der Waals surface area contributed by atoms with E-state index in [1.165, 1.54) is 0 Å². The molecule has 1 unspecified atom stereocenters. The van der Waals surface area contributed by atoms with E-state index < -0.39 is 11.9 Å². The fraction of sp³-hybridized carbons (Fsp3) is 0.364. The maximum absolute atomic E-state index is 10.9. The molecule has 4 nitrogen and oxygen atoms in total. The lowest BCUT2D eigenvalue weighted by molar-refractivity contribution is -0.138. The first-order valence-electron chi connectivity index (χ1n) is 4.71. The molecule has 0 bridgehead atoms. The van der Waals surface area contributed by atoms with Gasteiger partial charge in [0.05, 0.1) is 5.92 Å². The van der Waals surface area contributed by atoms with Crippen LogP contribution in [-0.2, 0) is 4.79 Å². The van der Waals surface area contributed by atoms with Crippen LogP contribution in [0.5, 0.6) is 5.75 Å². The van der Waals surface area contributed by atoms with Crippen LogP contribution in [0.1, 0.15) is 22.6 Å². The Morgan fingerprint density at radius 1 is 1.47 bits per heavy atom. The highest BCUT2D eigenvalue weighted by atomic mass is 16.4. The van der Waals surface area contributed by atoms with Crippen molar-refractivity contribution in [1.29, 1.82) is 0 Å². The zero-order valence-corrected chi connectivity index (χ0v) is 8.82. The van der Waals surface area contributed by atoms with Crippen molar-refractivity contribution >= 4 is 5.97 Å². The van der Waals surface area contributed by atoms with Gasteiger partial charge in [-0.05, 0) is 30.5 Å². The van der Waals surface area contributed by atoms with E-state index in [2.05, 4.69) is 0 Å². The number of hydrogen-bond acceptors (Lipinski definition) is 3. The van der Waals surface area contributed by atoms with Crippen molar-refractivity contribution < 1.29 is 15.0 Å². The van der Waals surface area contributed by atoms with E-state index >= 15 is 0 Å². The lowest BCUT2D eigenvalue weighted by Crippen LogP contribution is -2.22. The molecule has 4 N–H and O–H groups in total. The van der Waals surface area contributed by atoms with Crippen molar-refractivity contribution in [3.63, 3.8) is 0 Å². The van der Waals surface area contributed by atoms with Gasteiger partial charge in [-0.15, -0.1) is 0 Å². The summed E-state index contributed by atoms with van der Waals surface area (Å²) in [5.41, 5.74) is 7.30. The van der Waals surface area contributed by atoms with Gasteiger partial charge in [0, 0.05) is 6.54 Å². The largest absolute Gasteiger partial charge is 0.507 e. The van der Waals surface area contributed by atoms with Crippen LogP contribution in [0.3, 0.4) is 0 Å². The molecule has 0 aliphatic heterocycles. The third-order valence-corrected chi connectivity index (χ3v) is 2.58. The number of carbonyl (C=O) groups is 1. The summed E-state index contributed by atoms with van der Waals surface area (Å²) in [6.45, 7) is 3.49. The molecule has 0 radical (unpaired) electrons. The number of carboxylic acid groups (broad SMARTS) is 1. The van der Waals surface area contributed by atoms with Crippen LogP contribution < -0.4 is 5.73 Å². The normalized spacial score (nSPS) is 12.5. The maximum Gasteiger partial charge on any atom is 0.312 e. The van der Waals surface area contributed by atoms with Crippen LogP contribution in [-0.4, -0.2) is 22.7 Å². The lowest BCUT2D eigenvalue weighted by Gasteiger charge is -2.15. The maximum atomic E-state index is 10.9. The number of aromatic hydroxyl groups is 1. The topological polar surface area (TPSA) is 83.6 Å². The number of aliphatic carboxylic acids is 1. The quantitative estimate of drug-likeness (QED) is 0.697. The number of rotatable bonds is 3. The van der Waals surface area contributed by atoms with Gasteiger partial charge in [0.25, 0.3) is 0 Å². The summed E-state index contributed by atoms with van der Waals surface area (Å²) in [6.07, 6.45) is 0. The second-order valence-corrected chi connectivity index (χ2v) is 3.57. The fourth-order valence-electron chi connectivity index (χ4n) is 1.59. The van der Waals surface area contributed by atoms with Gasteiger partial charge in [0.2, 0.25) is 0 Å². The Balaban J connectivity index is 3.25. The van der Waals surface area contributed by atoms with Gasteiger partial charge in [0.1, 0.15) is 5.75 Å². The van der Waals surface area contributed by atoms with Crippen LogP contribution in [0, 0.1) is 13.8 Å².